The average Bonchev–Trinajstić information content (AvgIpc) is 2.59. The first-order chi connectivity index (χ1) is 10.8. The third-order valence-corrected chi connectivity index (χ3v) is 10.8. The Kier molecular flexibility index (Phi) is 14.7. The predicted molar refractivity (Wildman–Crippen MR) is 98.7 cm³/mol. The van der Waals surface area contributed by atoms with Crippen LogP contribution in [0.4, 0.5) is 0 Å². The molecule has 1 atom stereocenters. The van der Waals surface area contributed by atoms with Gasteiger partial charge in [-0.05, 0) is 0 Å². The van der Waals surface area contributed by atoms with E-state index in [4.69, 9.17) is 9.84 Å². The van der Waals surface area contributed by atoms with Crippen molar-refractivity contribution in [2.45, 2.75) is 54.8 Å². The van der Waals surface area contributed by atoms with Crippen LogP contribution in [0.5, 0.6) is 0 Å². The molecule has 0 bridgehead atoms. The van der Waals surface area contributed by atoms with E-state index in [0.29, 0.717) is 4.75 Å². The van der Waals surface area contributed by atoms with Gasteiger partial charge in [-0.2, -0.15) is 0 Å². The van der Waals surface area contributed by atoms with E-state index >= 15 is 0 Å². The topological polar surface area (TPSA) is 29.5 Å². The van der Waals surface area contributed by atoms with E-state index in [0.717, 1.165) is 7.11 Å². The first-order valence-corrected chi connectivity index (χ1v) is 12.5. The molecule has 22 heavy (non-hydrogen) atoms. The summed E-state index contributed by atoms with van der Waals surface area (Å²) in [5.41, 5.74) is 1.49. The van der Waals surface area contributed by atoms with Crippen molar-refractivity contribution in [2.24, 2.45) is 0 Å². The van der Waals surface area contributed by atoms with E-state index < -0.39 is 14.3 Å². The summed E-state index contributed by atoms with van der Waals surface area (Å²) < 4.78 is 5.85. The summed E-state index contributed by atoms with van der Waals surface area (Å²) in [7, 11) is 2.75. The number of allylic oxidation sites excluding steroid dienone is 1. The first-order valence-electron chi connectivity index (χ1n) is 8.37. The molecule has 0 heterocycles. The Balaban J connectivity index is 0.00000211. The fourth-order valence-electron chi connectivity index (χ4n) is 2.54. The molecule has 1 rings (SSSR count). The largest absolute Gasteiger partial charge is 0.400 e. The second-order valence-electron chi connectivity index (χ2n) is 5.32. The van der Waals surface area contributed by atoms with Crippen LogP contribution >= 0.6 is 0 Å². The molecule has 0 saturated heterocycles. The van der Waals surface area contributed by atoms with Gasteiger partial charge >= 0.3 is 129 Å². The summed E-state index contributed by atoms with van der Waals surface area (Å²) in [5.74, 6) is 0. The van der Waals surface area contributed by atoms with Gasteiger partial charge in [0.05, 0.1) is 0 Å². The summed E-state index contributed by atoms with van der Waals surface area (Å²) in [6.07, 6.45) is 9.63. The van der Waals surface area contributed by atoms with Crippen LogP contribution in [-0.4, -0.2) is 33.7 Å². The zero-order valence-corrected chi connectivity index (χ0v) is 16.8. The maximum absolute atomic E-state index is 7.00. The van der Waals surface area contributed by atoms with Crippen LogP contribution in [0.2, 0.25) is 10.5 Å². The number of aliphatic hydroxyl groups excluding tert-OH is 1. The minimum Gasteiger partial charge on any atom is -0.400 e. The molecule has 0 fully saturated rings. The summed E-state index contributed by atoms with van der Waals surface area (Å²) in [6.45, 7) is 4.61. The minimum atomic E-state index is -1.12. The SMILES string of the molecule is CCC[CH2][Ge]([CH2]CCC)[CH](/C=C/OC)c1ccccc1.CO. The molecule has 0 aliphatic carbocycles. The zero-order chi connectivity index (χ0) is 16.6. The number of benzene rings is 1. The quantitative estimate of drug-likeness (QED) is 0.457. The maximum atomic E-state index is 7.00. The van der Waals surface area contributed by atoms with E-state index in [1.165, 1.54) is 41.8 Å². The van der Waals surface area contributed by atoms with Crippen LogP contribution in [-0.2, 0) is 4.74 Å². The minimum absolute atomic E-state index is 0.647. The fraction of sp³-hybridized carbons (Fsp3) is 0.579. The van der Waals surface area contributed by atoms with Crippen LogP contribution < -0.4 is 0 Å². The predicted octanol–water partition coefficient (Wildman–Crippen LogP) is 5.17. The molecule has 0 saturated carbocycles. The van der Waals surface area contributed by atoms with E-state index in [9.17, 15) is 0 Å². The van der Waals surface area contributed by atoms with Crippen molar-refractivity contribution in [2.75, 3.05) is 14.2 Å². The number of unbranched alkanes of at least 4 members (excludes halogenated alkanes) is 2. The molecule has 125 valence electrons. The van der Waals surface area contributed by atoms with Crippen LogP contribution in [0, 0.1) is 0 Å². The number of hydrogen-bond acceptors (Lipinski definition) is 2. The van der Waals surface area contributed by atoms with Gasteiger partial charge in [0.15, 0.2) is 0 Å². The second kappa shape index (κ2) is 15.2. The average molecular weight is 366 g/mol. The normalized spacial score (nSPS) is 12.1. The molecule has 1 N–H and O–H groups in total. The number of aliphatic hydroxyl groups is 1. The maximum Gasteiger partial charge on any atom is 0.0319 e. The van der Waals surface area contributed by atoms with Crippen molar-refractivity contribution in [1.29, 1.82) is 0 Å². The van der Waals surface area contributed by atoms with Gasteiger partial charge in [0.25, 0.3) is 0 Å². The van der Waals surface area contributed by atoms with Crippen molar-refractivity contribution in [3.8, 4) is 0 Å². The van der Waals surface area contributed by atoms with Gasteiger partial charge in [0.2, 0.25) is 0 Å². The van der Waals surface area contributed by atoms with Crippen molar-refractivity contribution in [3.05, 3.63) is 48.2 Å². The van der Waals surface area contributed by atoms with Crippen molar-refractivity contribution in [3.63, 3.8) is 0 Å². The third kappa shape index (κ3) is 8.64. The third-order valence-electron chi connectivity index (χ3n) is 3.71. The molecule has 1 aromatic carbocycles. The Bertz CT molecular complexity index is 357. The van der Waals surface area contributed by atoms with E-state index in [2.05, 4.69) is 50.3 Å². The van der Waals surface area contributed by atoms with Gasteiger partial charge in [-0.3, -0.25) is 0 Å². The van der Waals surface area contributed by atoms with Crippen LogP contribution in [0.25, 0.3) is 0 Å². The molecule has 0 spiro atoms. The molecule has 1 radical (unpaired) electrons. The number of rotatable bonds is 10. The van der Waals surface area contributed by atoms with Crippen LogP contribution in [0.3, 0.4) is 0 Å². The Morgan fingerprint density at radius 3 is 2.05 bits per heavy atom. The number of methoxy groups -OCH3 is 1. The summed E-state index contributed by atoms with van der Waals surface area (Å²) >= 11 is -1.12. The monoisotopic (exact) mass is 367 g/mol. The Morgan fingerprint density at radius 1 is 1.05 bits per heavy atom. The Labute approximate surface area is 141 Å². The molecular formula is C19H33GeO2. The number of ether oxygens (including phenoxy) is 1. The van der Waals surface area contributed by atoms with Gasteiger partial charge in [-0.15, -0.1) is 0 Å². The van der Waals surface area contributed by atoms with Gasteiger partial charge < -0.3 is 5.11 Å². The molecule has 0 aromatic heterocycles. The van der Waals surface area contributed by atoms with Crippen molar-refractivity contribution < 1.29 is 9.84 Å². The summed E-state index contributed by atoms with van der Waals surface area (Å²) in [4.78, 5) is 0. The molecule has 0 amide bonds. The molecule has 1 unspecified atom stereocenters. The van der Waals surface area contributed by atoms with Crippen molar-refractivity contribution >= 4 is 14.3 Å². The van der Waals surface area contributed by atoms with Gasteiger partial charge in [-0.1, -0.05) is 0 Å². The van der Waals surface area contributed by atoms with E-state index in [-0.39, 0.29) is 0 Å². The summed E-state index contributed by atoms with van der Waals surface area (Å²) in [6, 6.07) is 11.0. The zero-order valence-electron chi connectivity index (χ0n) is 14.7. The fourth-order valence-corrected chi connectivity index (χ4v) is 9.89. The van der Waals surface area contributed by atoms with Crippen molar-refractivity contribution in [1.82, 2.24) is 0 Å². The van der Waals surface area contributed by atoms with E-state index in [1.807, 2.05) is 6.26 Å². The molecular weight excluding hydrogens is 333 g/mol. The van der Waals surface area contributed by atoms with Gasteiger partial charge in [0.1, 0.15) is 0 Å². The molecule has 0 aliphatic rings. The summed E-state index contributed by atoms with van der Waals surface area (Å²) in [5, 5.41) is 9.95. The molecule has 0 aliphatic heterocycles. The van der Waals surface area contributed by atoms with Crippen LogP contribution in [0.1, 0.15) is 49.8 Å². The first kappa shape index (κ1) is 21.3. The molecule has 3 heteroatoms. The van der Waals surface area contributed by atoms with Crippen LogP contribution in [0.15, 0.2) is 42.7 Å². The van der Waals surface area contributed by atoms with E-state index in [1.54, 1.807) is 7.11 Å². The Hall–Kier alpha value is -0.737. The standard InChI is InChI=1S/C18H29GeO.CH4O/c1-4-6-14-19(15-7-5-2)18(13-16-20-3)17-11-9-8-10-12-17;1-2/h8-13,16,18H,4-7,14-15H2,1-3H3;2H,1H3/b16-13+;. The number of hydrogen-bond donors (Lipinski definition) is 1. The van der Waals surface area contributed by atoms with Gasteiger partial charge in [-0.25, -0.2) is 0 Å². The smallest absolute Gasteiger partial charge is 0.0319 e. The second-order valence-corrected chi connectivity index (χ2v) is 11.5. The molecule has 2 nitrogen and oxygen atoms in total. The molecule has 1 aromatic rings. The van der Waals surface area contributed by atoms with Gasteiger partial charge in [0, 0.05) is 7.11 Å². The Morgan fingerprint density at radius 2 is 1.59 bits per heavy atom.